The van der Waals surface area contributed by atoms with Crippen molar-refractivity contribution >= 4 is 11.5 Å². The first-order valence-corrected chi connectivity index (χ1v) is 2.58. The lowest BCUT2D eigenvalue weighted by Crippen LogP contribution is -2.14. The molecule has 0 bridgehead atoms. The molecule has 1 aromatic rings. The van der Waals surface area contributed by atoms with Gasteiger partial charge in [0.15, 0.2) is 6.20 Å². The first-order valence-electron chi connectivity index (χ1n) is 1.74. The molecule has 34 valence electrons. The van der Waals surface area contributed by atoms with Crippen LogP contribution < -0.4 is 4.07 Å². The summed E-state index contributed by atoms with van der Waals surface area (Å²) in [7, 11) is 0. The summed E-state index contributed by atoms with van der Waals surface area (Å²) >= 11 is 1.32. The normalized spacial score (nSPS) is 7.86. The molecule has 0 aliphatic rings. The summed E-state index contributed by atoms with van der Waals surface area (Å²) in [6.07, 6.45) is 1.66. The van der Waals surface area contributed by atoms with Crippen molar-refractivity contribution < 1.29 is 4.07 Å². The number of nitrogens with zero attached hydrogens (tertiary/aromatic N) is 3. The Balaban J connectivity index is 3.04. The Labute approximate surface area is 44.6 Å². The molecule has 4 heteroatoms. The predicted octanol–water partition coefficient (Wildman–Crippen LogP) is 0.652. The second kappa shape index (κ2) is 1.67. The predicted molar refractivity (Wildman–Crippen MR) is 25.0 cm³/mol. The van der Waals surface area contributed by atoms with Gasteiger partial charge in [0.2, 0.25) is 4.07 Å². The van der Waals surface area contributed by atoms with Crippen LogP contribution >= 0.6 is 11.5 Å². The zero-order chi connectivity index (χ0) is 5.11. The van der Waals surface area contributed by atoms with Crippen LogP contribution in [-0.4, -0.2) is 0 Å². The standard InChI is InChI=1S/C3H3N3S/c4-5-6-2-1-3-7-6/h1-3H/q+2. The second-order valence-electron chi connectivity index (χ2n) is 0.975. The minimum absolute atomic E-state index is 1.32. The van der Waals surface area contributed by atoms with Gasteiger partial charge in [-0.2, -0.15) is 0 Å². The van der Waals surface area contributed by atoms with Gasteiger partial charge in [-0.25, -0.2) is 0 Å². The molecule has 0 saturated carbocycles. The van der Waals surface area contributed by atoms with Crippen molar-refractivity contribution in [3.63, 3.8) is 0 Å². The average molecular weight is 113 g/mol. The van der Waals surface area contributed by atoms with E-state index in [1.54, 1.807) is 12.3 Å². The summed E-state index contributed by atoms with van der Waals surface area (Å²) < 4.78 is 1.35. The van der Waals surface area contributed by atoms with Crippen LogP contribution in [0.3, 0.4) is 0 Å². The van der Waals surface area contributed by atoms with Gasteiger partial charge in [-0.3, -0.25) is 0 Å². The van der Waals surface area contributed by atoms with E-state index in [0.29, 0.717) is 0 Å². The summed E-state index contributed by atoms with van der Waals surface area (Å²) in [4.78, 5) is 0. The number of aromatic nitrogens is 1. The number of rotatable bonds is 0. The van der Waals surface area contributed by atoms with Crippen molar-refractivity contribution in [1.82, 2.24) is 0 Å². The van der Waals surface area contributed by atoms with Crippen molar-refractivity contribution in [2.45, 2.75) is 0 Å². The van der Waals surface area contributed by atoms with Crippen LogP contribution in [-0.2, 0) is 0 Å². The fraction of sp³-hybridized carbons (Fsp3) is 0. The third-order valence-electron chi connectivity index (χ3n) is 0.549. The Kier molecular flexibility index (Phi) is 1.00. The van der Waals surface area contributed by atoms with E-state index in [4.69, 9.17) is 5.39 Å². The molecule has 0 aliphatic carbocycles. The Morgan fingerprint density at radius 1 is 1.71 bits per heavy atom. The van der Waals surface area contributed by atoms with E-state index in [2.05, 4.69) is 5.08 Å². The van der Waals surface area contributed by atoms with Gasteiger partial charge in [0.1, 0.15) is 11.5 Å². The van der Waals surface area contributed by atoms with Gasteiger partial charge >= 0.3 is 10.5 Å². The van der Waals surface area contributed by atoms with Crippen molar-refractivity contribution in [1.29, 1.82) is 5.39 Å². The van der Waals surface area contributed by atoms with Crippen molar-refractivity contribution in [3.8, 4) is 0 Å². The molecule has 0 saturated heterocycles. The van der Waals surface area contributed by atoms with E-state index in [0.717, 1.165) is 0 Å². The highest BCUT2D eigenvalue weighted by molar-refractivity contribution is 6.99. The maximum atomic E-state index is 8.02. The summed E-state index contributed by atoms with van der Waals surface area (Å²) in [5.74, 6) is 0. The van der Waals surface area contributed by atoms with Crippen LogP contribution in [0.4, 0.5) is 0 Å². The van der Waals surface area contributed by atoms with Crippen LogP contribution in [0.25, 0.3) is 5.08 Å². The minimum Gasteiger partial charge on any atom is 0.000141 e. The topological polar surface area (TPSA) is 32.0 Å². The Hall–Kier alpha value is -0.950. The second-order valence-corrected chi connectivity index (χ2v) is 1.83. The summed E-state index contributed by atoms with van der Waals surface area (Å²) in [5.41, 5.74) is 0. The van der Waals surface area contributed by atoms with Gasteiger partial charge in [0.25, 0.3) is 0 Å². The van der Waals surface area contributed by atoms with Crippen LogP contribution in [0.15, 0.2) is 17.6 Å². The van der Waals surface area contributed by atoms with Gasteiger partial charge in [0.05, 0.1) is 0 Å². The Bertz CT molecular complexity index is 173. The van der Waals surface area contributed by atoms with E-state index in [1.807, 2.05) is 5.38 Å². The van der Waals surface area contributed by atoms with E-state index in [-0.39, 0.29) is 0 Å². The fourth-order valence-electron chi connectivity index (χ4n) is 0.292. The summed E-state index contributed by atoms with van der Waals surface area (Å²) in [6, 6.07) is 1.80. The molecule has 0 N–H and O–H groups in total. The highest BCUT2D eigenvalue weighted by Gasteiger charge is 2.03. The number of hydrogen-bond donors (Lipinski definition) is 0. The van der Waals surface area contributed by atoms with Crippen molar-refractivity contribution in [3.05, 3.63) is 22.7 Å². The first kappa shape index (κ1) is 4.22. The highest BCUT2D eigenvalue weighted by atomic mass is 32.1. The summed E-state index contributed by atoms with van der Waals surface area (Å²) in [6.45, 7) is 0. The zero-order valence-corrected chi connectivity index (χ0v) is 4.30. The minimum atomic E-state index is 1.32. The maximum Gasteiger partial charge on any atom is 0.615 e. The molecule has 0 radical (unpaired) electrons. The zero-order valence-electron chi connectivity index (χ0n) is 3.48. The molecule has 7 heavy (non-hydrogen) atoms. The molecule has 0 unspecified atom stereocenters. The van der Waals surface area contributed by atoms with E-state index in [9.17, 15) is 0 Å². The first-order chi connectivity index (χ1) is 3.43. The number of diazo groups is 1. The molecular formula is C3H3N3S+2. The van der Waals surface area contributed by atoms with Crippen LogP contribution in [0, 0.1) is 5.39 Å². The molecule has 0 aliphatic heterocycles. The monoisotopic (exact) mass is 113 g/mol. The fourth-order valence-corrected chi connectivity index (χ4v) is 0.740. The van der Waals surface area contributed by atoms with Gasteiger partial charge in [-0.15, -0.1) is 0 Å². The van der Waals surface area contributed by atoms with Gasteiger partial charge in [-0.05, 0) is 0 Å². The van der Waals surface area contributed by atoms with Crippen molar-refractivity contribution in [2.24, 2.45) is 0 Å². The molecule has 3 nitrogen and oxygen atoms in total. The third-order valence-corrected chi connectivity index (χ3v) is 1.24. The van der Waals surface area contributed by atoms with E-state index in [1.165, 1.54) is 15.6 Å². The highest BCUT2D eigenvalue weighted by Crippen LogP contribution is 1.83. The molecule has 0 spiro atoms. The quantitative estimate of drug-likeness (QED) is 0.359. The molecular weight excluding hydrogens is 110 g/mol. The Morgan fingerprint density at radius 2 is 2.57 bits per heavy atom. The van der Waals surface area contributed by atoms with Crippen molar-refractivity contribution in [2.75, 3.05) is 0 Å². The average Bonchev–Trinajstić information content (AvgIpc) is 2.14. The molecule has 0 amide bonds. The smallest absolute Gasteiger partial charge is 0.000141 e. The van der Waals surface area contributed by atoms with Crippen LogP contribution in [0.5, 0.6) is 0 Å². The molecule has 1 rings (SSSR count). The lowest BCUT2D eigenvalue weighted by molar-refractivity contribution is -0.539. The lowest BCUT2D eigenvalue weighted by Gasteiger charge is -1.41. The maximum absolute atomic E-state index is 8.02. The lowest BCUT2D eigenvalue weighted by atomic mass is 10.8. The summed E-state index contributed by atoms with van der Waals surface area (Å²) in [5, 5.41) is 12.7. The number of hydrogen-bond acceptors (Lipinski definition) is 2. The molecule has 0 atom stereocenters. The van der Waals surface area contributed by atoms with E-state index < -0.39 is 0 Å². The molecule has 0 aromatic carbocycles. The largest absolute Gasteiger partial charge is 0.615 e. The van der Waals surface area contributed by atoms with Crippen LogP contribution in [0.1, 0.15) is 0 Å². The van der Waals surface area contributed by atoms with E-state index >= 15 is 0 Å². The Morgan fingerprint density at radius 3 is 2.86 bits per heavy atom. The molecule has 1 heterocycles. The molecule has 1 aromatic heterocycles. The third kappa shape index (κ3) is 0.725. The van der Waals surface area contributed by atoms with Gasteiger partial charge in [-0.1, -0.05) is 0 Å². The van der Waals surface area contributed by atoms with Crippen LogP contribution in [0.2, 0.25) is 0 Å². The van der Waals surface area contributed by atoms with Gasteiger partial charge in [0, 0.05) is 11.4 Å². The SMILES string of the molecule is N#[N+][n+]1cccs1. The molecule has 0 fully saturated rings. The van der Waals surface area contributed by atoms with Gasteiger partial charge < -0.3 is 0 Å².